The smallest absolute Gasteiger partial charge is 0.337 e. The molecule has 0 aliphatic carbocycles. The van der Waals surface area contributed by atoms with Crippen LogP contribution in [-0.4, -0.2) is 18.2 Å². The topological polar surface area (TPSA) is 35.5 Å². The number of hydrogen-bond acceptors (Lipinski definition) is 3. The van der Waals surface area contributed by atoms with Crippen molar-refractivity contribution >= 4 is 5.97 Å². The number of hydrogen-bond donors (Lipinski definition) is 0. The monoisotopic (exact) mass is 198 g/mol. The van der Waals surface area contributed by atoms with Crippen molar-refractivity contribution in [2.24, 2.45) is 0 Å². The maximum absolute atomic E-state index is 11.6. The summed E-state index contributed by atoms with van der Waals surface area (Å²) in [6.45, 7) is 8.05. The van der Waals surface area contributed by atoms with Crippen molar-refractivity contribution in [3.63, 3.8) is 0 Å². The predicted octanol–water partition coefficient (Wildman–Crippen LogP) is 2.41. The van der Waals surface area contributed by atoms with Gasteiger partial charge in [0.2, 0.25) is 0 Å². The summed E-state index contributed by atoms with van der Waals surface area (Å²) in [5.74, 6) is 0.522. The van der Waals surface area contributed by atoms with Gasteiger partial charge in [0.1, 0.15) is 11.4 Å². The molecule has 1 saturated heterocycles. The Morgan fingerprint density at radius 1 is 1.43 bits per heavy atom. The molecular formula is C11H18O3. The number of allylic oxidation sites excluding steroid dienone is 1. The molecule has 1 rings (SSSR count). The third-order valence-corrected chi connectivity index (χ3v) is 1.95. The largest absolute Gasteiger partial charge is 0.497 e. The average Bonchev–Trinajstić information content (AvgIpc) is 2.51. The van der Waals surface area contributed by atoms with Crippen molar-refractivity contribution < 1.29 is 14.3 Å². The zero-order chi connectivity index (χ0) is 10.8. The van der Waals surface area contributed by atoms with Gasteiger partial charge in [-0.3, -0.25) is 0 Å². The first kappa shape index (κ1) is 11.1. The molecule has 0 aromatic rings. The van der Waals surface area contributed by atoms with Crippen LogP contribution >= 0.6 is 0 Å². The molecule has 0 unspecified atom stereocenters. The second-order valence-corrected chi connectivity index (χ2v) is 4.50. The molecule has 3 nitrogen and oxygen atoms in total. The molecule has 1 heterocycles. The van der Waals surface area contributed by atoms with Gasteiger partial charge in [-0.15, -0.1) is 0 Å². The van der Waals surface area contributed by atoms with Gasteiger partial charge in [-0.05, 0) is 34.1 Å². The maximum Gasteiger partial charge on any atom is 0.337 e. The van der Waals surface area contributed by atoms with Crippen LogP contribution in [0.15, 0.2) is 11.3 Å². The van der Waals surface area contributed by atoms with Gasteiger partial charge in [-0.2, -0.15) is 0 Å². The Morgan fingerprint density at radius 3 is 2.50 bits per heavy atom. The Labute approximate surface area is 85.1 Å². The standard InChI is InChI=1S/C11H18O3/c1-8(9-6-5-7-13-9)10(12)14-11(2,3)4/h5-7H2,1-4H3. The minimum absolute atomic E-state index is 0.269. The highest BCUT2D eigenvalue weighted by Crippen LogP contribution is 2.22. The molecular weight excluding hydrogens is 180 g/mol. The van der Waals surface area contributed by atoms with E-state index in [9.17, 15) is 4.79 Å². The molecule has 0 spiro atoms. The predicted molar refractivity (Wildman–Crippen MR) is 53.7 cm³/mol. The second kappa shape index (κ2) is 4.03. The van der Waals surface area contributed by atoms with Crippen LogP contribution in [0.4, 0.5) is 0 Å². The van der Waals surface area contributed by atoms with E-state index < -0.39 is 5.60 Å². The molecule has 0 saturated carbocycles. The molecule has 0 amide bonds. The lowest BCUT2D eigenvalue weighted by Gasteiger charge is -2.20. The highest BCUT2D eigenvalue weighted by molar-refractivity contribution is 5.88. The quantitative estimate of drug-likeness (QED) is 0.479. The molecule has 0 N–H and O–H groups in total. The first-order valence-electron chi connectivity index (χ1n) is 4.96. The Balaban J connectivity index is 2.65. The van der Waals surface area contributed by atoms with Crippen LogP contribution < -0.4 is 0 Å². The molecule has 0 aromatic heterocycles. The van der Waals surface area contributed by atoms with Crippen LogP contribution in [0.25, 0.3) is 0 Å². The number of ether oxygens (including phenoxy) is 2. The van der Waals surface area contributed by atoms with Gasteiger partial charge < -0.3 is 9.47 Å². The summed E-state index contributed by atoms with van der Waals surface area (Å²) < 4.78 is 10.6. The SMILES string of the molecule is CC(C(=O)OC(C)(C)C)=C1CCCO1. The summed E-state index contributed by atoms with van der Waals surface area (Å²) in [4.78, 5) is 11.6. The summed E-state index contributed by atoms with van der Waals surface area (Å²) in [5, 5.41) is 0. The van der Waals surface area contributed by atoms with E-state index in [1.807, 2.05) is 20.8 Å². The lowest BCUT2D eigenvalue weighted by Crippen LogP contribution is -2.24. The van der Waals surface area contributed by atoms with E-state index in [0.717, 1.165) is 25.2 Å². The van der Waals surface area contributed by atoms with Crippen molar-refractivity contribution in [2.45, 2.75) is 46.1 Å². The van der Waals surface area contributed by atoms with Crippen LogP contribution in [0.3, 0.4) is 0 Å². The summed E-state index contributed by atoms with van der Waals surface area (Å²) in [6.07, 6.45) is 1.85. The molecule has 80 valence electrons. The van der Waals surface area contributed by atoms with Crippen molar-refractivity contribution in [1.82, 2.24) is 0 Å². The van der Waals surface area contributed by atoms with Gasteiger partial charge in [-0.25, -0.2) is 4.79 Å². The maximum atomic E-state index is 11.6. The molecule has 0 radical (unpaired) electrons. The fourth-order valence-electron chi connectivity index (χ4n) is 1.26. The molecule has 14 heavy (non-hydrogen) atoms. The van der Waals surface area contributed by atoms with Gasteiger partial charge >= 0.3 is 5.97 Å². The zero-order valence-electron chi connectivity index (χ0n) is 9.35. The van der Waals surface area contributed by atoms with Gasteiger partial charge in [0.05, 0.1) is 12.2 Å². The number of rotatable bonds is 1. The normalized spacial score (nSPS) is 20.3. The fraction of sp³-hybridized carbons (Fsp3) is 0.727. The van der Waals surface area contributed by atoms with Crippen molar-refractivity contribution in [1.29, 1.82) is 0 Å². The Kier molecular flexibility index (Phi) is 3.19. The highest BCUT2D eigenvalue weighted by Gasteiger charge is 2.22. The third kappa shape index (κ3) is 3.05. The fourth-order valence-corrected chi connectivity index (χ4v) is 1.26. The summed E-state index contributed by atoms with van der Waals surface area (Å²) in [5.41, 5.74) is 0.176. The van der Waals surface area contributed by atoms with Gasteiger partial charge in [-0.1, -0.05) is 0 Å². The van der Waals surface area contributed by atoms with Crippen LogP contribution in [0.5, 0.6) is 0 Å². The Hall–Kier alpha value is -0.990. The second-order valence-electron chi connectivity index (χ2n) is 4.50. The summed E-state index contributed by atoms with van der Waals surface area (Å²) >= 11 is 0. The van der Waals surface area contributed by atoms with E-state index in [1.54, 1.807) is 6.92 Å². The summed E-state index contributed by atoms with van der Waals surface area (Å²) in [7, 11) is 0. The third-order valence-electron chi connectivity index (χ3n) is 1.95. The van der Waals surface area contributed by atoms with Crippen molar-refractivity contribution in [3.05, 3.63) is 11.3 Å². The van der Waals surface area contributed by atoms with E-state index in [-0.39, 0.29) is 5.97 Å². The van der Waals surface area contributed by atoms with Crippen molar-refractivity contribution in [2.75, 3.05) is 6.61 Å². The van der Waals surface area contributed by atoms with Crippen LogP contribution in [0, 0.1) is 0 Å². The van der Waals surface area contributed by atoms with Crippen molar-refractivity contribution in [3.8, 4) is 0 Å². The summed E-state index contributed by atoms with van der Waals surface area (Å²) in [6, 6.07) is 0. The molecule has 1 aliphatic heterocycles. The first-order chi connectivity index (χ1) is 6.40. The van der Waals surface area contributed by atoms with Crippen LogP contribution in [-0.2, 0) is 14.3 Å². The van der Waals surface area contributed by atoms with E-state index in [2.05, 4.69) is 0 Å². The highest BCUT2D eigenvalue weighted by atomic mass is 16.6. The zero-order valence-corrected chi connectivity index (χ0v) is 9.35. The molecule has 0 aromatic carbocycles. The van der Waals surface area contributed by atoms with Gasteiger partial charge in [0, 0.05) is 6.42 Å². The minimum atomic E-state index is -0.433. The Morgan fingerprint density at radius 2 is 2.07 bits per heavy atom. The lowest BCUT2D eigenvalue weighted by molar-refractivity contribution is -0.150. The minimum Gasteiger partial charge on any atom is -0.497 e. The van der Waals surface area contributed by atoms with E-state index in [1.165, 1.54) is 0 Å². The molecule has 3 heteroatoms. The number of esters is 1. The lowest BCUT2D eigenvalue weighted by atomic mass is 10.1. The Bertz CT molecular complexity index is 250. The number of carbonyl (C=O) groups is 1. The van der Waals surface area contributed by atoms with E-state index in [0.29, 0.717) is 5.57 Å². The van der Waals surface area contributed by atoms with Gasteiger partial charge in [0.15, 0.2) is 0 Å². The molecule has 0 bridgehead atoms. The molecule has 0 atom stereocenters. The molecule has 1 fully saturated rings. The van der Waals surface area contributed by atoms with Gasteiger partial charge in [0.25, 0.3) is 0 Å². The number of carbonyl (C=O) groups excluding carboxylic acids is 1. The first-order valence-corrected chi connectivity index (χ1v) is 4.96. The molecule has 1 aliphatic rings. The van der Waals surface area contributed by atoms with Crippen LogP contribution in [0.2, 0.25) is 0 Å². The van der Waals surface area contributed by atoms with E-state index >= 15 is 0 Å². The average molecular weight is 198 g/mol. The van der Waals surface area contributed by atoms with Crippen LogP contribution in [0.1, 0.15) is 40.5 Å². The van der Waals surface area contributed by atoms with E-state index in [4.69, 9.17) is 9.47 Å².